The summed E-state index contributed by atoms with van der Waals surface area (Å²) >= 11 is 1.22. The second-order valence-electron chi connectivity index (χ2n) is 11.2. The molecule has 2 fully saturated rings. The normalized spacial score (nSPS) is 20.9. The Labute approximate surface area is 288 Å². The Hall–Kier alpha value is -4.19. The molecular formula is C31H44N2O15S. The molecule has 2 rings (SSSR count). The Kier molecular flexibility index (Phi) is 16.0. The van der Waals surface area contributed by atoms with E-state index in [4.69, 9.17) is 33.2 Å². The molecule has 0 aromatic heterocycles. The highest BCUT2D eigenvalue weighted by Crippen LogP contribution is 2.37. The molecule has 17 nitrogen and oxygen atoms in total. The molecule has 0 aliphatic carbocycles. The number of hydrogen-bond acceptors (Lipinski definition) is 17. The van der Waals surface area contributed by atoms with E-state index < -0.39 is 83.8 Å². The number of piperidine rings is 1. The van der Waals surface area contributed by atoms with Crippen molar-refractivity contribution in [1.29, 1.82) is 0 Å². The minimum absolute atomic E-state index is 0.0731. The van der Waals surface area contributed by atoms with Crippen molar-refractivity contribution < 1.29 is 71.5 Å². The summed E-state index contributed by atoms with van der Waals surface area (Å²) in [5, 5.41) is -0.0757. The summed E-state index contributed by atoms with van der Waals surface area (Å²) in [5.41, 5.74) is 0. The topological polar surface area (TPSA) is 208 Å². The summed E-state index contributed by atoms with van der Waals surface area (Å²) in [6.45, 7) is 10.3. The molecule has 2 heterocycles. The number of carbonyl (C=O) groups excluding carboxylic acids is 8. The van der Waals surface area contributed by atoms with Crippen molar-refractivity contribution in [2.24, 2.45) is 0 Å². The standard InChI is InChI=1S/C31H44N2O15S/c1-9-42-26(36)16(2)44-28(38)18(4)46-30(40)20(6)48-31(41)21(7)47-29(39)19(5)45-27(37)17(3)43-23(34)15-22-32(8)24(35)25(49-22)33-13-11-10-12-14-33/h15-21,25H,9-14H2,1-8H3/b22-15+. The van der Waals surface area contributed by atoms with Gasteiger partial charge < -0.3 is 38.1 Å². The predicted molar refractivity (Wildman–Crippen MR) is 168 cm³/mol. The zero-order valence-corrected chi connectivity index (χ0v) is 29.6. The second-order valence-corrected chi connectivity index (χ2v) is 12.3. The van der Waals surface area contributed by atoms with Crippen molar-refractivity contribution in [3.63, 3.8) is 0 Å². The van der Waals surface area contributed by atoms with Crippen molar-refractivity contribution >= 4 is 59.5 Å². The van der Waals surface area contributed by atoms with E-state index in [9.17, 15) is 38.4 Å². The minimum Gasteiger partial charge on any atom is -0.463 e. The van der Waals surface area contributed by atoms with Crippen LogP contribution in [0.1, 0.15) is 67.7 Å². The van der Waals surface area contributed by atoms with Gasteiger partial charge in [-0.25, -0.2) is 33.6 Å². The van der Waals surface area contributed by atoms with E-state index in [-0.39, 0.29) is 12.5 Å². The van der Waals surface area contributed by atoms with Gasteiger partial charge in [0.15, 0.2) is 36.6 Å². The van der Waals surface area contributed by atoms with Gasteiger partial charge in [-0.05, 0) is 74.4 Å². The molecule has 0 aromatic rings. The fourth-order valence-electron chi connectivity index (χ4n) is 4.24. The van der Waals surface area contributed by atoms with Crippen LogP contribution < -0.4 is 0 Å². The fourth-order valence-corrected chi connectivity index (χ4v) is 5.50. The Morgan fingerprint density at radius 2 is 1.02 bits per heavy atom. The quantitative estimate of drug-likeness (QED) is 0.132. The van der Waals surface area contributed by atoms with Gasteiger partial charge in [0.1, 0.15) is 5.37 Å². The van der Waals surface area contributed by atoms with Crippen LogP contribution in [0.4, 0.5) is 0 Å². The van der Waals surface area contributed by atoms with Gasteiger partial charge >= 0.3 is 41.8 Å². The molecular weight excluding hydrogens is 672 g/mol. The van der Waals surface area contributed by atoms with Crippen LogP contribution in [-0.4, -0.2) is 126 Å². The monoisotopic (exact) mass is 716 g/mol. The average molecular weight is 717 g/mol. The van der Waals surface area contributed by atoms with Crippen molar-refractivity contribution in [2.45, 2.75) is 110 Å². The first-order valence-electron chi connectivity index (χ1n) is 15.8. The predicted octanol–water partition coefficient (Wildman–Crippen LogP) is 0.998. The molecule has 0 bridgehead atoms. The van der Waals surface area contributed by atoms with Gasteiger partial charge in [0, 0.05) is 7.05 Å². The number of nitrogens with zero attached hydrogens (tertiary/aromatic N) is 2. The first-order chi connectivity index (χ1) is 23.0. The number of carbonyl (C=O) groups is 8. The van der Waals surface area contributed by atoms with Crippen LogP contribution in [0, 0.1) is 0 Å². The lowest BCUT2D eigenvalue weighted by atomic mass is 10.1. The Morgan fingerprint density at radius 3 is 1.41 bits per heavy atom. The van der Waals surface area contributed by atoms with Crippen LogP contribution in [0.3, 0.4) is 0 Å². The summed E-state index contributed by atoms with van der Waals surface area (Å²) in [6.07, 6.45) is -4.59. The van der Waals surface area contributed by atoms with Crippen molar-refractivity contribution in [3.8, 4) is 0 Å². The number of likely N-dealkylation sites (tertiary alicyclic amines) is 1. The molecule has 0 radical (unpaired) electrons. The van der Waals surface area contributed by atoms with Crippen LogP contribution >= 0.6 is 11.8 Å². The summed E-state index contributed by atoms with van der Waals surface area (Å²) in [4.78, 5) is 102. The molecule has 7 unspecified atom stereocenters. The first-order valence-corrected chi connectivity index (χ1v) is 16.6. The second kappa shape index (κ2) is 19.1. The molecule has 0 saturated carbocycles. The van der Waals surface area contributed by atoms with Crippen LogP contribution in [0.5, 0.6) is 0 Å². The zero-order chi connectivity index (χ0) is 37.0. The molecule has 7 atom stereocenters. The Balaban J connectivity index is 1.80. The molecule has 274 valence electrons. The summed E-state index contributed by atoms with van der Waals surface area (Å²) < 4.78 is 34.6. The SMILES string of the molecule is CCOC(=O)C(C)OC(=O)C(C)OC(=O)C(C)OC(=O)C(C)OC(=O)C(C)OC(=O)C(C)OC(=O)/C=C1/SC(N2CCCCC2)C(=O)N1C. The maximum atomic E-state index is 12.7. The van der Waals surface area contributed by atoms with E-state index in [0.717, 1.165) is 59.2 Å². The third-order valence-corrected chi connectivity index (χ3v) is 8.46. The zero-order valence-electron chi connectivity index (χ0n) is 28.8. The number of thioether (sulfide) groups is 1. The molecule has 2 saturated heterocycles. The lowest BCUT2D eigenvalue weighted by Crippen LogP contribution is -2.42. The van der Waals surface area contributed by atoms with Gasteiger partial charge in [-0.3, -0.25) is 9.69 Å². The summed E-state index contributed by atoms with van der Waals surface area (Å²) in [5.74, 6) is -7.41. The van der Waals surface area contributed by atoms with E-state index in [1.165, 1.54) is 37.4 Å². The van der Waals surface area contributed by atoms with E-state index in [0.29, 0.717) is 5.03 Å². The van der Waals surface area contributed by atoms with Crippen molar-refractivity contribution in [2.75, 3.05) is 26.7 Å². The average Bonchev–Trinajstić information content (AvgIpc) is 3.32. The van der Waals surface area contributed by atoms with Gasteiger partial charge in [-0.2, -0.15) is 0 Å². The molecule has 49 heavy (non-hydrogen) atoms. The highest BCUT2D eigenvalue weighted by molar-refractivity contribution is 8.04. The fraction of sp³-hybridized carbons (Fsp3) is 0.677. The van der Waals surface area contributed by atoms with Gasteiger partial charge in [0.05, 0.1) is 17.7 Å². The number of esters is 7. The highest BCUT2D eigenvalue weighted by Gasteiger charge is 2.39. The molecule has 2 aliphatic heterocycles. The van der Waals surface area contributed by atoms with Crippen LogP contribution in [0.15, 0.2) is 11.1 Å². The van der Waals surface area contributed by atoms with E-state index in [2.05, 4.69) is 4.90 Å². The third kappa shape index (κ3) is 12.3. The number of ether oxygens (including phenoxy) is 7. The van der Waals surface area contributed by atoms with Crippen LogP contribution in [0.2, 0.25) is 0 Å². The smallest absolute Gasteiger partial charge is 0.348 e. The molecule has 0 N–H and O–H groups in total. The Bertz CT molecular complexity index is 1300. The number of rotatable bonds is 15. The molecule has 1 amide bonds. The highest BCUT2D eigenvalue weighted by atomic mass is 32.2. The third-order valence-electron chi connectivity index (χ3n) is 7.10. The maximum Gasteiger partial charge on any atom is 0.348 e. The molecule has 2 aliphatic rings. The first kappa shape index (κ1) is 41.0. The van der Waals surface area contributed by atoms with E-state index in [1.807, 2.05) is 0 Å². The summed E-state index contributed by atoms with van der Waals surface area (Å²) in [6, 6.07) is 0. The van der Waals surface area contributed by atoms with Gasteiger partial charge in [0.2, 0.25) is 0 Å². The van der Waals surface area contributed by atoms with Crippen molar-refractivity contribution in [1.82, 2.24) is 9.80 Å². The number of hydrogen-bond donors (Lipinski definition) is 0. The maximum absolute atomic E-state index is 12.7. The minimum atomic E-state index is -1.56. The van der Waals surface area contributed by atoms with E-state index >= 15 is 0 Å². The van der Waals surface area contributed by atoms with Gasteiger partial charge in [-0.1, -0.05) is 18.2 Å². The van der Waals surface area contributed by atoms with Gasteiger partial charge in [0.25, 0.3) is 5.91 Å². The molecule has 18 heteroatoms. The summed E-state index contributed by atoms with van der Waals surface area (Å²) in [7, 11) is 1.55. The van der Waals surface area contributed by atoms with Crippen LogP contribution in [-0.2, 0) is 71.5 Å². The largest absolute Gasteiger partial charge is 0.463 e. The number of amides is 1. The van der Waals surface area contributed by atoms with Crippen LogP contribution in [0.25, 0.3) is 0 Å². The lowest BCUT2D eigenvalue weighted by molar-refractivity contribution is -0.187. The van der Waals surface area contributed by atoms with Crippen molar-refractivity contribution in [3.05, 3.63) is 11.1 Å². The molecule has 0 aromatic carbocycles. The number of likely N-dealkylation sites (N-methyl/N-ethyl adjacent to an activating group) is 1. The Morgan fingerprint density at radius 1 is 0.653 bits per heavy atom. The lowest BCUT2D eigenvalue weighted by Gasteiger charge is -2.29. The molecule has 0 spiro atoms. The van der Waals surface area contributed by atoms with E-state index in [1.54, 1.807) is 14.0 Å². The van der Waals surface area contributed by atoms with Gasteiger partial charge in [-0.15, -0.1) is 0 Å².